The van der Waals surface area contributed by atoms with Crippen molar-refractivity contribution in [2.75, 3.05) is 31.3 Å². The molecule has 0 aliphatic rings. The Balaban J connectivity index is 1.85. The predicted molar refractivity (Wildman–Crippen MR) is 87.6 cm³/mol. The van der Waals surface area contributed by atoms with Crippen LogP contribution in [0.25, 0.3) is 0 Å². The maximum absolute atomic E-state index is 11.9. The highest BCUT2D eigenvalue weighted by molar-refractivity contribution is 5.91. The summed E-state index contributed by atoms with van der Waals surface area (Å²) < 4.78 is 10.0. The molecule has 3 N–H and O–H groups in total. The Labute approximate surface area is 134 Å². The van der Waals surface area contributed by atoms with Gasteiger partial charge < -0.3 is 20.5 Å². The summed E-state index contributed by atoms with van der Waals surface area (Å²) in [5.41, 5.74) is 7.29. The lowest BCUT2D eigenvalue weighted by molar-refractivity contribution is -0.119. The summed E-state index contributed by atoms with van der Waals surface area (Å²) in [5, 5.41) is 2.95. The Hall–Kier alpha value is -3.02. The van der Waals surface area contributed by atoms with E-state index in [1.54, 1.807) is 48.5 Å². The molecule has 0 heterocycles. The molecular formula is C17H18N2O4. The van der Waals surface area contributed by atoms with Gasteiger partial charge in [0.05, 0.1) is 24.9 Å². The number of anilines is 2. The molecule has 0 spiro atoms. The molecule has 6 heteroatoms. The summed E-state index contributed by atoms with van der Waals surface area (Å²) in [6, 6.07) is 13.7. The van der Waals surface area contributed by atoms with Crippen LogP contribution in [-0.4, -0.2) is 32.0 Å². The Bertz CT molecular complexity index is 700. The molecule has 2 rings (SSSR count). The number of carbonyl (C=O) groups excluding carboxylic acids is 2. The van der Waals surface area contributed by atoms with Crippen molar-refractivity contribution in [3.05, 3.63) is 54.1 Å². The molecule has 120 valence electrons. The zero-order valence-electron chi connectivity index (χ0n) is 12.7. The van der Waals surface area contributed by atoms with E-state index in [4.69, 9.17) is 10.5 Å². The van der Waals surface area contributed by atoms with E-state index in [0.717, 1.165) is 0 Å². The third-order valence-electron chi connectivity index (χ3n) is 3.08. The van der Waals surface area contributed by atoms with Crippen LogP contribution in [0.1, 0.15) is 10.4 Å². The summed E-state index contributed by atoms with van der Waals surface area (Å²) in [4.78, 5) is 23.3. The number of benzene rings is 2. The van der Waals surface area contributed by atoms with Crippen LogP contribution in [0.4, 0.5) is 11.4 Å². The normalized spacial score (nSPS) is 9.96. The molecule has 2 aromatic carbocycles. The molecule has 0 unspecified atom stereocenters. The average Bonchev–Trinajstić information content (AvgIpc) is 2.58. The molecule has 2 aromatic rings. The van der Waals surface area contributed by atoms with Gasteiger partial charge in [-0.2, -0.15) is 0 Å². The molecule has 0 aliphatic carbocycles. The number of hydrogen-bond donors (Lipinski definition) is 2. The smallest absolute Gasteiger partial charge is 0.337 e. The molecule has 0 saturated heterocycles. The first kappa shape index (κ1) is 16.4. The topological polar surface area (TPSA) is 90.6 Å². The van der Waals surface area contributed by atoms with Crippen molar-refractivity contribution in [2.45, 2.75) is 0 Å². The number of para-hydroxylation sites is 2. The van der Waals surface area contributed by atoms with Crippen LogP contribution >= 0.6 is 0 Å². The van der Waals surface area contributed by atoms with E-state index < -0.39 is 5.97 Å². The number of esters is 1. The van der Waals surface area contributed by atoms with Gasteiger partial charge in [-0.25, -0.2) is 4.79 Å². The van der Waals surface area contributed by atoms with Gasteiger partial charge in [0.2, 0.25) is 0 Å². The van der Waals surface area contributed by atoms with E-state index in [1.807, 2.05) is 0 Å². The summed E-state index contributed by atoms with van der Waals surface area (Å²) in [7, 11) is 1.32. The van der Waals surface area contributed by atoms with Gasteiger partial charge in [-0.1, -0.05) is 18.2 Å². The fraction of sp³-hybridized carbons (Fsp3) is 0.176. The van der Waals surface area contributed by atoms with Crippen molar-refractivity contribution in [3.8, 4) is 5.75 Å². The fourth-order valence-corrected chi connectivity index (χ4v) is 1.90. The zero-order valence-corrected chi connectivity index (χ0v) is 12.7. The number of ketones is 1. The molecule has 0 fully saturated rings. The molecule has 0 saturated carbocycles. The highest BCUT2D eigenvalue weighted by atomic mass is 16.5. The van der Waals surface area contributed by atoms with Crippen molar-refractivity contribution >= 4 is 23.1 Å². The van der Waals surface area contributed by atoms with Gasteiger partial charge in [0.25, 0.3) is 0 Å². The number of methoxy groups -OCH3 is 1. The van der Waals surface area contributed by atoms with E-state index in [9.17, 15) is 9.59 Å². The van der Waals surface area contributed by atoms with Crippen molar-refractivity contribution in [3.63, 3.8) is 0 Å². The molecule has 0 bridgehead atoms. The number of Topliss-reactive ketones (excluding diaryl/α,β-unsaturated/α-hetero) is 1. The molecule has 0 amide bonds. The molecule has 6 nitrogen and oxygen atoms in total. The molecule has 0 radical (unpaired) electrons. The molecule has 0 aromatic heterocycles. The van der Waals surface area contributed by atoms with Crippen molar-refractivity contribution in [2.24, 2.45) is 0 Å². The Morgan fingerprint density at radius 1 is 1.13 bits per heavy atom. The minimum Gasteiger partial charge on any atom is -0.484 e. The fourth-order valence-electron chi connectivity index (χ4n) is 1.90. The first-order valence-electron chi connectivity index (χ1n) is 7.01. The van der Waals surface area contributed by atoms with Gasteiger partial charge >= 0.3 is 5.97 Å². The van der Waals surface area contributed by atoms with Gasteiger partial charge in [0.15, 0.2) is 5.78 Å². The highest BCUT2D eigenvalue weighted by Crippen LogP contribution is 2.19. The maximum Gasteiger partial charge on any atom is 0.337 e. The minimum atomic E-state index is -0.428. The molecule has 23 heavy (non-hydrogen) atoms. The quantitative estimate of drug-likeness (QED) is 0.601. The third kappa shape index (κ3) is 4.74. The summed E-state index contributed by atoms with van der Waals surface area (Å²) in [6.45, 7) is -0.00469. The Kier molecular flexibility index (Phi) is 5.57. The Morgan fingerprint density at radius 2 is 1.91 bits per heavy atom. The highest BCUT2D eigenvalue weighted by Gasteiger charge is 2.08. The van der Waals surface area contributed by atoms with E-state index >= 15 is 0 Å². The van der Waals surface area contributed by atoms with Gasteiger partial charge in [0, 0.05) is 5.69 Å². The molecule has 0 aliphatic heterocycles. The largest absolute Gasteiger partial charge is 0.484 e. The second-order valence-electron chi connectivity index (χ2n) is 4.79. The lowest BCUT2D eigenvalue weighted by atomic mass is 10.2. The zero-order chi connectivity index (χ0) is 16.7. The van der Waals surface area contributed by atoms with Gasteiger partial charge in [-0.3, -0.25) is 4.79 Å². The van der Waals surface area contributed by atoms with Crippen LogP contribution in [0.2, 0.25) is 0 Å². The van der Waals surface area contributed by atoms with Gasteiger partial charge in [-0.05, 0) is 30.3 Å². The SMILES string of the molecule is COC(=O)c1cccc(NCC(=O)COc2ccccc2N)c1. The monoisotopic (exact) mass is 314 g/mol. The van der Waals surface area contributed by atoms with E-state index in [2.05, 4.69) is 10.1 Å². The van der Waals surface area contributed by atoms with E-state index in [1.165, 1.54) is 7.11 Å². The number of nitrogen functional groups attached to an aromatic ring is 1. The predicted octanol–water partition coefficient (Wildman–Crippen LogP) is 2.12. The van der Waals surface area contributed by atoms with Crippen LogP contribution in [0.15, 0.2) is 48.5 Å². The number of nitrogens with two attached hydrogens (primary N) is 1. The number of ether oxygens (including phenoxy) is 2. The molecular weight excluding hydrogens is 296 g/mol. The summed E-state index contributed by atoms with van der Waals surface area (Å²) >= 11 is 0. The van der Waals surface area contributed by atoms with Crippen LogP contribution in [-0.2, 0) is 9.53 Å². The lowest BCUT2D eigenvalue weighted by Gasteiger charge is -2.09. The van der Waals surface area contributed by atoms with E-state index in [-0.39, 0.29) is 18.9 Å². The van der Waals surface area contributed by atoms with Crippen LogP contribution in [0.3, 0.4) is 0 Å². The second kappa shape index (κ2) is 7.84. The number of nitrogens with one attached hydrogen (secondary N) is 1. The van der Waals surface area contributed by atoms with E-state index in [0.29, 0.717) is 22.7 Å². The Morgan fingerprint density at radius 3 is 2.65 bits per heavy atom. The summed E-state index contributed by atoms with van der Waals surface area (Å²) in [6.07, 6.45) is 0. The number of rotatable bonds is 7. The van der Waals surface area contributed by atoms with Crippen molar-refractivity contribution in [1.82, 2.24) is 0 Å². The van der Waals surface area contributed by atoms with Crippen LogP contribution in [0.5, 0.6) is 5.75 Å². The number of carbonyl (C=O) groups is 2. The van der Waals surface area contributed by atoms with Crippen molar-refractivity contribution < 1.29 is 19.1 Å². The summed E-state index contributed by atoms with van der Waals surface area (Å²) in [5.74, 6) is -0.0897. The second-order valence-corrected chi connectivity index (χ2v) is 4.79. The standard InChI is InChI=1S/C17H18N2O4/c1-22-17(21)12-5-4-6-13(9-12)19-10-14(20)11-23-16-8-3-2-7-15(16)18/h2-9,19H,10-11,18H2,1H3. The first-order valence-corrected chi connectivity index (χ1v) is 7.01. The van der Waals surface area contributed by atoms with Gasteiger partial charge in [0.1, 0.15) is 12.4 Å². The van der Waals surface area contributed by atoms with Gasteiger partial charge in [-0.15, -0.1) is 0 Å². The maximum atomic E-state index is 11.9. The minimum absolute atomic E-state index is 0.0807. The average molecular weight is 314 g/mol. The number of hydrogen-bond acceptors (Lipinski definition) is 6. The van der Waals surface area contributed by atoms with Crippen LogP contribution in [0, 0.1) is 0 Å². The van der Waals surface area contributed by atoms with Crippen LogP contribution < -0.4 is 15.8 Å². The third-order valence-corrected chi connectivity index (χ3v) is 3.08. The lowest BCUT2D eigenvalue weighted by Crippen LogP contribution is -2.21. The van der Waals surface area contributed by atoms with Crippen molar-refractivity contribution in [1.29, 1.82) is 0 Å². The first-order chi connectivity index (χ1) is 11.1. The molecule has 0 atom stereocenters.